The molecule has 0 atom stereocenters. The third-order valence-corrected chi connectivity index (χ3v) is 3.12. The zero-order chi connectivity index (χ0) is 17.1. The van der Waals surface area contributed by atoms with Crippen molar-refractivity contribution in [2.24, 2.45) is 0 Å². The molecule has 0 fully saturated rings. The van der Waals surface area contributed by atoms with Gasteiger partial charge in [-0.05, 0) is 16.8 Å². The summed E-state index contributed by atoms with van der Waals surface area (Å²) in [5.41, 5.74) is 0.260. The number of alkyl halides is 4. The van der Waals surface area contributed by atoms with Crippen molar-refractivity contribution < 1.29 is 31.8 Å². The first kappa shape index (κ1) is 17.2. The van der Waals surface area contributed by atoms with Crippen LogP contribution in [-0.2, 0) is 9.47 Å². The van der Waals surface area contributed by atoms with Gasteiger partial charge < -0.3 is 9.47 Å². The van der Waals surface area contributed by atoms with Gasteiger partial charge in [0, 0.05) is 6.92 Å². The van der Waals surface area contributed by atoms with Crippen LogP contribution in [0.15, 0.2) is 42.5 Å². The Bertz CT molecular complexity index is 690. The lowest BCUT2D eigenvalue weighted by Crippen LogP contribution is -2.41. The Morgan fingerprint density at radius 2 is 1.65 bits per heavy atom. The van der Waals surface area contributed by atoms with E-state index in [0.717, 1.165) is 5.39 Å². The third-order valence-electron chi connectivity index (χ3n) is 3.12. The van der Waals surface area contributed by atoms with E-state index in [9.17, 15) is 22.4 Å². The van der Waals surface area contributed by atoms with E-state index in [1.54, 1.807) is 36.4 Å². The Labute approximate surface area is 129 Å². The molecule has 3 nitrogen and oxygen atoms in total. The quantitative estimate of drug-likeness (QED) is 0.451. The van der Waals surface area contributed by atoms with Crippen LogP contribution in [0.4, 0.5) is 17.6 Å². The summed E-state index contributed by atoms with van der Waals surface area (Å²) in [6.45, 7) is -1.35. The Morgan fingerprint density at radius 1 is 1.00 bits per heavy atom. The van der Waals surface area contributed by atoms with Gasteiger partial charge in [-0.15, -0.1) is 0 Å². The Morgan fingerprint density at radius 3 is 2.35 bits per heavy atom. The molecule has 0 aromatic heterocycles. The summed E-state index contributed by atoms with van der Waals surface area (Å²) in [5.74, 6) is -5.05. The summed E-state index contributed by atoms with van der Waals surface area (Å²) < 4.78 is 59.4. The molecule has 124 valence electrons. The molecule has 0 saturated heterocycles. The van der Waals surface area contributed by atoms with Gasteiger partial charge in [-0.25, -0.2) is 4.79 Å². The van der Waals surface area contributed by atoms with E-state index in [0.29, 0.717) is 5.39 Å². The molecule has 0 spiro atoms. The Kier molecular flexibility index (Phi) is 4.89. The molecule has 2 aromatic rings. The van der Waals surface area contributed by atoms with Gasteiger partial charge in [-0.2, -0.15) is 17.6 Å². The second kappa shape index (κ2) is 6.54. The van der Waals surface area contributed by atoms with Gasteiger partial charge in [0.15, 0.2) is 0 Å². The Balaban J connectivity index is 1.95. The van der Waals surface area contributed by atoms with Crippen molar-refractivity contribution in [3.63, 3.8) is 0 Å². The first-order valence-electron chi connectivity index (χ1n) is 6.77. The molecule has 0 saturated carbocycles. The number of ether oxygens (including phenoxy) is 2. The predicted octanol–water partition coefficient (Wildman–Crippen LogP) is 4.26. The molecule has 0 aliphatic heterocycles. The zero-order valence-electron chi connectivity index (χ0n) is 12.2. The van der Waals surface area contributed by atoms with Crippen molar-refractivity contribution in [3.8, 4) is 0 Å². The van der Waals surface area contributed by atoms with Gasteiger partial charge in [0.05, 0.1) is 12.2 Å². The molecule has 0 amide bonds. The van der Waals surface area contributed by atoms with Gasteiger partial charge in [-0.1, -0.05) is 36.4 Å². The van der Waals surface area contributed by atoms with Crippen molar-refractivity contribution in [1.82, 2.24) is 0 Å². The number of rotatable bonds is 6. The van der Waals surface area contributed by atoms with Crippen molar-refractivity contribution in [2.75, 3.05) is 13.2 Å². The third kappa shape index (κ3) is 3.98. The van der Waals surface area contributed by atoms with Gasteiger partial charge in [0.1, 0.15) is 6.61 Å². The molecule has 0 radical (unpaired) electrons. The van der Waals surface area contributed by atoms with E-state index < -0.39 is 31.2 Å². The maximum atomic E-state index is 12.9. The van der Waals surface area contributed by atoms with Gasteiger partial charge in [-0.3, -0.25) is 0 Å². The van der Waals surface area contributed by atoms with Crippen molar-refractivity contribution in [3.05, 3.63) is 48.0 Å². The molecular formula is C16H14F4O3. The largest absolute Gasteiger partial charge is 0.460 e. The fraction of sp³-hybridized carbons (Fsp3) is 0.312. The normalized spacial score (nSPS) is 12.4. The second-order valence-electron chi connectivity index (χ2n) is 4.92. The Hall–Kier alpha value is -2.15. The summed E-state index contributed by atoms with van der Waals surface area (Å²) >= 11 is 0. The smallest absolute Gasteiger partial charge is 0.419 e. The lowest BCUT2D eigenvalue weighted by Gasteiger charge is -2.22. The average Bonchev–Trinajstić information content (AvgIpc) is 2.49. The van der Waals surface area contributed by atoms with Crippen LogP contribution >= 0.6 is 0 Å². The average molecular weight is 330 g/mol. The number of carbonyl (C=O) groups is 1. The van der Waals surface area contributed by atoms with E-state index >= 15 is 0 Å². The van der Waals surface area contributed by atoms with Gasteiger partial charge in [0.25, 0.3) is 0 Å². The van der Waals surface area contributed by atoms with Crippen LogP contribution in [0, 0.1) is 0 Å². The summed E-state index contributed by atoms with van der Waals surface area (Å²) in [5, 5.41) is 1.46. The summed E-state index contributed by atoms with van der Waals surface area (Å²) in [7, 11) is 0. The highest BCUT2D eigenvalue weighted by Crippen LogP contribution is 2.34. The highest BCUT2D eigenvalue weighted by molar-refractivity contribution is 6.04. The molecule has 7 heteroatoms. The highest BCUT2D eigenvalue weighted by atomic mass is 19.3. The van der Waals surface area contributed by atoms with Crippen LogP contribution in [0.5, 0.6) is 0 Å². The fourth-order valence-electron chi connectivity index (χ4n) is 1.91. The molecule has 2 rings (SSSR count). The minimum Gasteiger partial charge on any atom is -0.460 e. The van der Waals surface area contributed by atoms with Crippen molar-refractivity contribution in [2.45, 2.75) is 19.0 Å². The first-order valence-corrected chi connectivity index (χ1v) is 6.77. The standard InChI is InChI=1S/C16H14F4O3/c1-15(17,18)16(19,20)23-10-9-22-14(21)13-8-4-6-11-5-2-3-7-12(11)13/h2-8H,9-10H2,1H3. The molecule has 0 aliphatic carbocycles. The second-order valence-corrected chi connectivity index (χ2v) is 4.92. The number of esters is 1. The number of fused-ring (bicyclic) bond motifs is 1. The fourth-order valence-corrected chi connectivity index (χ4v) is 1.91. The van der Waals surface area contributed by atoms with Crippen LogP contribution in [0.1, 0.15) is 17.3 Å². The van der Waals surface area contributed by atoms with E-state index in [1.165, 1.54) is 6.07 Å². The van der Waals surface area contributed by atoms with E-state index in [1.807, 2.05) is 0 Å². The van der Waals surface area contributed by atoms with Crippen molar-refractivity contribution >= 4 is 16.7 Å². The molecule has 0 aliphatic rings. The maximum absolute atomic E-state index is 12.9. The van der Waals surface area contributed by atoms with Gasteiger partial charge in [0.2, 0.25) is 0 Å². The van der Waals surface area contributed by atoms with Gasteiger partial charge >= 0.3 is 18.0 Å². The summed E-state index contributed by atoms with van der Waals surface area (Å²) in [6, 6.07) is 12.1. The SMILES string of the molecule is CC(F)(F)C(F)(F)OCCOC(=O)c1cccc2ccccc12. The monoisotopic (exact) mass is 330 g/mol. The summed E-state index contributed by atoms with van der Waals surface area (Å²) in [4.78, 5) is 12.0. The van der Waals surface area contributed by atoms with Crippen LogP contribution < -0.4 is 0 Å². The van der Waals surface area contributed by atoms with Crippen molar-refractivity contribution in [1.29, 1.82) is 0 Å². The predicted molar refractivity (Wildman–Crippen MR) is 75.8 cm³/mol. The first-order chi connectivity index (χ1) is 10.7. The lowest BCUT2D eigenvalue weighted by atomic mass is 10.1. The maximum Gasteiger partial charge on any atom is 0.419 e. The number of halogens is 4. The number of hydrogen-bond acceptors (Lipinski definition) is 3. The molecule has 0 bridgehead atoms. The van der Waals surface area contributed by atoms with E-state index in [2.05, 4.69) is 4.74 Å². The highest BCUT2D eigenvalue weighted by Gasteiger charge is 2.53. The lowest BCUT2D eigenvalue weighted by molar-refractivity contribution is -0.342. The topological polar surface area (TPSA) is 35.5 Å². The van der Waals surface area contributed by atoms with Crippen LogP contribution in [0.2, 0.25) is 0 Å². The van der Waals surface area contributed by atoms with Crippen LogP contribution in [0.25, 0.3) is 10.8 Å². The minimum atomic E-state index is -4.61. The van der Waals surface area contributed by atoms with Crippen LogP contribution in [0.3, 0.4) is 0 Å². The van der Waals surface area contributed by atoms with E-state index in [-0.39, 0.29) is 12.5 Å². The number of hydrogen-bond donors (Lipinski definition) is 0. The molecular weight excluding hydrogens is 316 g/mol. The number of benzene rings is 2. The van der Waals surface area contributed by atoms with E-state index in [4.69, 9.17) is 4.74 Å². The number of carbonyl (C=O) groups excluding carboxylic acids is 1. The molecule has 23 heavy (non-hydrogen) atoms. The molecule has 2 aromatic carbocycles. The molecule has 0 unspecified atom stereocenters. The minimum absolute atomic E-state index is 0.0507. The zero-order valence-corrected chi connectivity index (χ0v) is 12.2. The summed E-state index contributed by atoms with van der Waals surface area (Å²) in [6.07, 6.45) is -4.61. The van der Waals surface area contributed by atoms with Crippen LogP contribution in [-0.4, -0.2) is 31.2 Å². The molecule has 0 heterocycles. The molecule has 0 N–H and O–H groups in total.